The van der Waals surface area contributed by atoms with Crippen LogP contribution in [-0.4, -0.2) is 23.9 Å². The lowest BCUT2D eigenvalue weighted by atomic mass is 9.67. The highest BCUT2D eigenvalue weighted by Crippen LogP contribution is 2.41. The first-order chi connectivity index (χ1) is 6.56. The van der Waals surface area contributed by atoms with Gasteiger partial charge in [0, 0.05) is 0 Å². The van der Waals surface area contributed by atoms with Gasteiger partial charge in [-0.25, -0.2) is 0 Å². The van der Waals surface area contributed by atoms with E-state index in [0.717, 1.165) is 0 Å². The molecule has 1 fully saturated rings. The quantitative estimate of drug-likeness (QED) is 0.773. The van der Waals surface area contributed by atoms with Crippen molar-refractivity contribution in [1.29, 1.82) is 0 Å². The third kappa shape index (κ3) is 1.26. The van der Waals surface area contributed by atoms with E-state index in [1.165, 1.54) is 5.56 Å². The third-order valence-corrected chi connectivity index (χ3v) is 3.19. The Balaban J connectivity index is 2.39. The van der Waals surface area contributed by atoms with Gasteiger partial charge in [0.05, 0.1) is 24.2 Å². The molecule has 0 bridgehead atoms. The van der Waals surface area contributed by atoms with Gasteiger partial charge >= 0.3 is 0 Å². The molecule has 0 saturated carbocycles. The van der Waals surface area contributed by atoms with Crippen LogP contribution >= 0.6 is 0 Å². The molecule has 2 rings (SSSR count). The van der Waals surface area contributed by atoms with Crippen molar-refractivity contribution in [2.75, 3.05) is 13.2 Å². The van der Waals surface area contributed by atoms with Crippen molar-refractivity contribution in [3.63, 3.8) is 0 Å². The van der Waals surface area contributed by atoms with Crippen LogP contribution in [0.15, 0.2) is 30.3 Å². The number of benzene rings is 1. The van der Waals surface area contributed by atoms with Gasteiger partial charge in [0.2, 0.25) is 0 Å². The SMILES string of the molecule is CC(C)(O)C1(c2ccccc2)COC1. The molecule has 0 aromatic heterocycles. The van der Waals surface area contributed by atoms with E-state index in [0.29, 0.717) is 13.2 Å². The van der Waals surface area contributed by atoms with Crippen LogP contribution in [0.3, 0.4) is 0 Å². The summed E-state index contributed by atoms with van der Waals surface area (Å²) < 4.78 is 5.26. The summed E-state index contributed by atoms with van der Waals surface area (Å²) in [5.74, 6) is 0. The molecule has 0 radical (unpaired) electrons. The van der Waals surface area contributed by atoms with Gasteiger partial charge in [-0.1, -0.05) is 30.3 Å². The maximum atomic E-state index is 10.2. The lowest BCUT2D eigenvalue weighted by molar-refractivity contribution is -0.157. The van der Waals surface area contributed by atoms with E-state index in [4.69, 9.17) is 4.74 Å². The Labute approximate surface area is 84.5 Å². The lowest BCUT2D eigenvalue weighted by Gasteiger charge is -2.50. The molecule has 0 spiro atoms. The van der Waals surface area contributed by atoms with Crippen LogP contribution in [-0.2, 0) is 10.2 Å². The maximum absolute atomic E-state index is 10.2. The van der Waals surface area contributed by atoms with E-state index in [2.05, 4.69) is 12.1 Å². The summed E-state index contributed by atoms with van der Waals surface area (Å²) in [6.07, 6.45) is 0. The van der Waals surface area contributed by atoms with Gasteiger partial charge < -0.3 is 9.84 Å². The van der Waals surface area contributed by atoms with Gasteiger partial charge in [0.15, 0.2) is 0 Å². The van der Waals surface area contributed by atoms with Gasteiger partial charge in [-0.15, -0.1) is 0 Å². The molecule has 0 aliphatic carbocycles. The molecule has 2 nitrogen and oxygen atoms in total. The Morgan fingerprint density at radius 1 is 1.21 bits per heavy atom. The molecule has 0 amide bonds. The molecule has 1 aliphatic heterocycles. The largest absolute Gasteiger partial charge is 0.389 e. The average molecular weight is 192 g/mol. The van der Waals surface area contributed by atoms with Crippen molar-refractivity contribution < 1.29 is 9.84 Å². The molecular weight excluding hydrogens is 176 g/mol. The number of ether oxygens (including phenoxy) is 1. The van der Waals surface area contributed by atoms with Crippen LogP contribution in [0.25, 0.3) is 0 Å². The summed E-state index contributed by atoms with van der Waals surface area (Å²) in [4.78, 5) is 0. The van der Waals surface area contributed by atoms with Crippen molar-refractivity contribution in [2.24, 2.45) is 0 Å². The van der Waals surface area contributed by atoms with E-state index in [-0.39, 0.29) is 5.41 Å². The average Bonchev–Trinajstić information content (AvgIpc) is 2.01. The highest BCUT2D eigenvalue weighted by atomic mass is 16.5. The first-order valence-electron chi connectivity index (χ1n) is 4.92. The van der Waals surface area contributed by atoms with Crippen LogP contribution in [0.2, 0.25) is 0 Å². The highest BCUT2D eigenvalue weighted by molar-refractivity contribution is 5.31. The topological polar surface area (TPSA) is 29.5 Å². The molecule has 1 aliphatic rings. The van der Waals surface area contributed by atoms with Gasteiger partial charge in [-0.3, -0.25) is 0 Å². The molecule has 0 atom stereocenters. The molecule has 1 aromatic carbocycles. The van der Waals surface area contributed by atoms with Crippen LogP contribution < -0.4 is 0 Å². The van der Waals surface area contributed by atoms with Crippen molar-refractivity contribution >= 4 is 0 Å². The summed E-state index contributed by atoms with van der Waals surface area (Å²) >= 11 is 0. The van der Waals surface area contributed by atoms with Crippen molar-refractivity contribution in [3.05, 3.63) is 35.9 Å². The second kappa shape index (κ2) is 3.07. The zero-order chi connectivity index (χ0) is 10.2. The fourth-order valence-electron chi connectivity index (χ4n) is 1.94. The van der Waals surface area contributed by atoms with Gasteiger partial charge in [-0.05, 0) is 19.4 Å². The summed E-state index contributed by atoms with van der Waals surface area (Å²) in [6, 6.07) is 10.1. The monoisotopic (exact) mass is 192 g/mol. The molecule has 1 saturated heterocycles. The molecule has 1 aromatic rings. The smallest absolute Gasteiger partial charge is 0.0732 e. The normalized spacial score (nSPS) is 20.2. The van der Waals surface area contributed by atoms with Crippen LogP contribution in [0.4, 0.5) is 0 Å². The van der Waals surface area contributed by atoms with E-state index >= 15 is 0 Å². The molecule has 14 heavy (non-hydrogen) atoms. The maximum Gasteiger partial charge on any atom is 0.0732 e. The highest BCUT2D eigenvalue weighted by Gasteiger charge is 2.51. The molecule has 0 unspecified atom stereocenters. The lowest BCUT2D eigenvalue weighted by Crippen LogP contribution is -2.60. The van der Waals surface area contributed by atoms with E-state index < -0.39 is 5.60 Å². The Bertz CT molecular complexity index is 307. The predicted molar refractivity (Wildman–Crippen MR) is 55.2 cm³/mol. The first-order valence-corrected chi connectivity index (χ1v) is 4.92. The minimum atomic E-state index is -0.730. The number of hydrogen-bond acceptors (Lipinski definition) is 2. The first kappa shape index (κ1) is 9.69. The minimum Gasteiger partial charge on any atom is -0.389 e. The van der Waals surface area contributed by atoms with Crippen molar-refractivity contribution in [2.45, 2.75) is 24.9 Å². The Morgan fingerprint density at radius 2 is 1.79 bits per heavy atom. The third-order valence-electron chi connectivity index (χ3n) is 3.19. The zero-order valence-electron chi connectivity index (χ0n) is 8.66. The van der Waals surface area contributed by atoms with Crippen LogP contribution in [0, 0.1) is 0 Å². The Morgan fingerprint density at radius 3 is 2.14 bits per heavy atom. The molecule has 2 heteroatoms. The summed E-state index contributed by atoms with van der Waals surface area (Å²) in [5, 5.41) is 10.2. The number of rotatable bonds is 2. The number of aliphatic hydroxyl groups is 1. The van der Waals surface area contributed by atoms with E-state index in [9.17, 15) is 5.11 Å². The number of hydrogen-bond donors (Lipinski definition) is 1. The Hall–Kier alpha value is -0.860. The van der Waals surface area contributed by atoms with Crippen molar-refractivity contribution in [1.82, 2.24) is 0 Å². The van der Waals surface area contributed by atoms with Crippen LogP contribution in [0.5, 0.6) is 0 Å². The molecular formula is C12H16O2. The van der Waals surface area contributed by atoms with Gasteiger partial charge in [0.1, 0.15) is 0 Å². The zero-order valence-corrected chi connectivity index (χ0v) is 8.66. The fraction of sp³-hybridized carbons (Fsp3) is 0.500. The van der Waals surface area contributed by atoms with E-state index in [1.807, 2.05) is 32.0 Å². The minimum absolute atomic E-state index is 0.214. The van der Waals surface area contributed by atoms with Crippen LogP contribution in [0.1, 0.15) is 19.4 Å². The Kier molecular flexibility index (Phi) is 2.13. The second-order valence-corrected chi connectivity index (χ2v) is 4.50. The molecule has 76 valence electrons. The van der Waals surface area contributed by atoms with E-state index in [1.54, 1.807) is 0 Å². The summed E-state index contributed by atoms with van der Waals surface area (Å²) in [7, 11) is 0. The second-order valence-electron chi connectivity index (χ2n) is 4.50. The summed E-state index contributed by atoms with van der Waals surface area (Å²) in [6.45, 7) is 4.92. The standard InChI is InChI=1S/C12H16O2/c1-11(2,13)12(8-14-9-12)10-6-4-3-5-7-10/h3-7,13H,8-9H2,1-2H3. The fourth-order valence-corrected chi connectivity index (χ4v) is 1.94. The predicted octanol–water partition coefficient (Wildman–Crippen LogP) is 1.73. The van der Waals surface area contributed by atoms with Gasteiger partial charge in [-0.2, -0.15) is 0 Å². The molecule has 1 heterocycles. The van der Waals surface area contributed by atoms with Gasteiger partial charge in [0.25, 0.3) is 0 Å². The summed E-state index contributed by atoms with van der Waals surface area (Å²) in [5.41, 5.74) is 0.222. The molecule has 1 N–H and O–H groups in total. The van der Waals surface area contributed by atoms with Crippen molar-refractivity contribution in [3.8, 4) is 0 Å².